The summed E-state index contributed by atoms with van der Waals surface area (Å²) in [6.45, 7) is 3.62. The molecule has 0 aliphatic carbocycles. The fraction of sp³-hybridized carbons (Fsp3) is 0.538. The summed E-state index contributed by atoms with van der Waals surface area (Å²) in [5, 5.41) is 0. The van der Waals surface area contributed by atoms with Crippen LogP contribution in [0.2, 0.25) is 0 Å². The lowest BCUT2D eigenvalue weighted by Crippen LogP contribution is -2.22. The lowest BCUT2D eigenvalue weighted by atomic mass is 10.1. The fourth-order valence-corrected chi connectivity index (χ4v) is 1.68. The third kappa shape index (κ3) is 4.73. The monoisotopic (exact) mass is 224 g/mol. The van der Waals surface area contributed by atoms with Crippen molar-refractivity contribution in [3.8, 4) is 0 Å². The molecule has 0 aromatic heterocycles. The van der Waals surface area contributed by atoms with E-state index in [1.54, 1.807) is 6.07 Å². The maximum absolute atomic E-state index is 13.4. The molecule has 0 spiro atoms. The Morgan fingerprint density at radius 1 is 1.38 bits per heavy atom. The summed E-state index contributed by atoms with van der Waals surface area (Å²) in [6.07, 6.45) is 2.07. The van der Waals surface area contributed by atoms with E-state index in [-0.39, 0.29) is 11.9 Å². The van der Waals surface area contributed by atoms with Gasteiger partial charge in [-0.15, -0.1) is 0 Å². The Bertz CT molecular complexity index is 313. The van der Waals surface area contributed by atoms with Gasteiger partial charge in [-0.3, -0.25) is 0 Å². The van der Waals surface area contributed by atoms with Crippen LogP contribution >= 0.6 is 0 Å². The topological polar surface area (TPSA) is 29.3 Å². The van der Waals surface area contributed by atoms with Gasteiger partial charge in [0.05, 0.1) is 0 Å². The van der Waals surface area contributed by atoms with Crippen molar-refractivity contribution in [2.75, 3.05) is 13.6 Å². The lowest BCUT2D eigenvalue weighted by Gasteiger charge is -2.17. The number of nitrogens with zero attached hydrogens (tertiary/aromatic N) is 1. The van der Waals surface area contributed by atoms with Crippen molar-refractivity contribution in [3.63, 3.8) is 0 Å². The Morgan fingerprint density at radius 2 is 2.06 bits per heavy atom. The van der Waals surface area contributed by atoms with Gasteiger partial charge in [0, 0.05) is 18.2 Å². The SMILES string of the molecule is CC(N)CCCN(C)Cc1ccccc1F. The van der Waals surface area contributed by atoms with Crippen LogP contribution in [0.25, 0.3) is 0 Å². The van der Waals surface area contributed by atoms with Crippen molar-refractivity contribution in [3.05, 3.63) is 35.6 Å². The molecule has 0 aliphatic rings. The minimum absolute atomic E-state index is 0.124. The van der Waals surface area contributed by atoms with Gasteiger partial charge >= 0.3 is 0 Å². The van der Waals surface area contributed by atoms with Gasteiger partial charge in [0.25, 0.3) is 0 Å². The van der Waals surface area contributed by atoms with Crippen molar-refractivity contribution in [2.24, 2.45) is 5.73 Å². The first-order valence-electron chi connectivity index (χ1n) is 5.77. The second kappa shape index (κ2) is 6.61. The number of hydrogen-bond donors (Lipinski definition) is 1. The summed E-state index contributed by atoms with van der Waals surface area (Å²) < 4.78 is 13.4. The maximum atomic E-state index is 13.4. The molecule has 0 saturated heterocycles. The molecule has 1 atom stereocenters. The van der Waals surface area contributed by atoms with E-state index in [9.17, 15) is 4.39 Å². The largest absolute Gasteiger partial charge is 0.328 e. The second-order valence-corrected chi connectivity index (χ2v) is 4.45. The van der Waals surface area contributed by atoms with Crippen LogP contribution in [0.5, 0.6) is 0 Å². The van der Waals surface area contributed by atoms with Gasteiger partial charge in [-0.1, -0.05) is 18.2 Å². The smallest absolute Gasteiger partial charge is 0.127 e. The van der Waals surface area contributed by atoms with Crippen molar-refractivity contribution in [1.29, 1.82) is 0 Å². The van der Waals surface area contributed by atoms with E-state index >= 15 is 0 Å². The summed E-state index contributed by atoms with van der Waals surface area (Å²) in [6, 6.07) is 7.17. The first kappa shape index (κ1) is 13.1. The zero-order chi connectivity index (χ0) is 12.0. The van der Waals surface area contributed by atoms with E-state index in [0.717, 1.165) is 24.9 Å². The van der Waals surface area contributed by atoms with E-state index in [2.05, 4.69) is 4.90 Å². The average Bonchev–Trinajstić information content (AvgIpc) is 2.21. The molecule has 0 fully saturated rings. The van der Waals surface area contributed by atoms with E-state index in [4.69, 9.17) is 5.73 Å². The quantitative estimate of drug-likeness (QED) is 0.804. The first-order valence-corrected chi connectivity index (χ1v) is 5.77. The van der Waals surface area contributed by atoms with Crippen LogP contribution in [-0.2, 0) is 6.54 Å². The maximum Gasteiger partial charge on any atom is 0.127 e. The highest BCUT2D eigenvalue weighted by Crippen LogP contribution is 2.09. The van der Waals surface area contributed by atoms with E-state index in [1.165, 1.54) is 6.07 Å². The predicted octanol–water partition coefficient (Wildman–Crippen LogP) is 2.38. The Balaban J connectivity index is 2.34. The van der Waals surface area contributed by atoms with Gasteiger partial charge in [-0.25, -0.2) is 4.39 Å². The van der Waals surface area contributed by atoms with Crippen molar-refractivity contribution < 1.29 is 4.39 Å². The standard InChI is InChI=1S/C13H21FN2/c1-11(15)6-5-9-16(2)10-12-7-3-4-8-13(12)14/h3-4,7-8,11H,5-6,9-10,15H2,1-2H3. The zero-order valence-corrected chi connectivity index (χ0v) is 10.1. The molecule has 0 bridgehead atoms. The minimum atomic E-state index is -0.124. The number of hydrogen-bond acceptors (Lipinski definition) is 2. The van der Waals surface area contributed by atoms with Crippen molar-refractivity contribution in [1.82, 2.24) is 4.90 Å². The molecule has 2 nitrogen and oxygen atoms in total. The number of halogens is 1. The first-order chi connectivity index (χ1) is 7.59. The van der Waals surface area contributed by atoms with Crippen LogP contribution in [0, 0.1) is 5.82 Å². The molecule has 0 radical (unpaired) electrons. The molecular weight excluding hydrogens is 203 g/mol. The molecule has 0 heterocycles. The molecule has 1 rings (SSSR count). The molecule has 0 aliphatic heterocycles. The normalized spacial score (nSPS) is 13.1. The highest BCUT2D eigenvalue weighted by atomic mass is 19.1. The number of rotatable bonds is 6. The van der Waals surface area contributed by atoms with Crippen LogP contribution < -0.4 is 5.73 Å². The van der Waals surface area contributed by atoms with Gasteiger partial charge in [0.2, 0.25) is 0 Å². The zero-order valence-electron chi connectivity index (χ0n) is 10.1. The second-order valence-electron chi connectivity index (χ2n) is 4.45. The molecule has 3 heteroatoms. The lowest BCUT2D eigenvalue weighted by molar-refractivity contribution is 0.310. The molecule has 0 amide bonds. The fourth-order valence-electron chi connectivity index (χ4n) is 1.68. The molecule has 16 heavy (non-hydrogen) atoms. The molecule has 1 unspecified atom stereocenters. The van der Waals surface area contributed by atoms with Gasteiger partial charge in [-0.05, 0) is 39.4 Å². The highest BCUT2D eigenvalue weighted by Gasteiger charge is 2.04. The Labute approximate surface area is 97.3 Å². The van der Waals surface area contributed by atoms with E-state index in [1.807, 2.05) is 26.1 Å². The van der Waals surface area contributed by atoms with E-state index < -0.39 is 0 Å². The van der Waals surface area contributed by atoms with Crippen LogP contribution in [0.4, 0.5) is 4.39 Å². The summed E-state index contributed by atoms with van der Waals surface area (Å²) >= 11 is 0. The summed E-state index contributed by atoms with van der Waals surface area (Å²) in [5.41, 5.74) is 6.43. The average molecular weight is 224 g/mol. The van der Waals surface area contributed by atoms with Crippen LogP contribution in [0.1, 0.15) is 25.3 Å². The van der Waals surface area contributed by atoms with Crippen molar-refractivity contribution in [2.45, 2.75) is 32.4 Å². The third-order valence-electron chi connectivity index (χ3n) is 2.60. The molecular formula is C13H21FN2. The molecule has 90 valence electrons. The molecule has 2 N–H and O–H groups in total. The molecule has 1 aromatic rings. The Hall–Kier alpha value is -0.930. The predicted molar refractivity (Wildman–Crippen MR) is 65.6 cm³/mol. The highest BCUT2D eigenvalue weighted by molar-refractivity contribution is 5.16. The van der Waals surface area contributed by atoms with Crippen LogP contribution in [-0.4, -0.2) is 24.5 Å². The van der Waals surface area contributed by atoms with Gasteiger partial charge in [0.15, 0.2) is 0 Å². The Morgan fingerprint density at radius 3 is 2.69 bits per heavy atom. The summed E-state index contributed by atoms with van der Waals surface area (Å²) in [5.74, 6) is -0.124. The molecule has 0 saturated carbocycles. The van der Waals surface area contributed by atoms with Crippen LogP contribution in [0.15, 0.2) is 24.3 Å². The Kier molecular flexibility index (Phi) is 5.43. The van der Waals surface area contributed by atoms with Gasteiger partial charge in [-0.2, -0.15) is 0 Å². The van der Waals surface area contributed by atoms with Crippen molar-refractivity contribution >= 4 is 0 Å². The van der Waals surface area contributed by atoms with Crippen LogP contribution in [0.3, 0.4) is 0 Å². The summed E-state index contributed by atoms with van der Waals surface area (Å²) in [4.78, 5) is 2.13. The van der Waals surface area contributed by atoms with Gasteiger partial charge in [0.1, 0.15) is 5.82 Å². The molecule has 1 aromatic carbocycles. The van der Waals surface area contributed by atoms with Gasteiger partial charge < -0.3 is 10.6 Å². The summed E-state index contributed by atoms with van der Waals surface area (Å²) in [7, 11) is 2.01. The van der Waals surface area contributed by atoms with E-state index in [0.29, 0.717) is 6.54 Å². The number of nitrogens with two attached hydrogens (primary N) is 1. The third-order valence-corrected chi connectivity index (χ3v) is 2.60. The number of benzene rings is 1. The minimum Gasteiger partial charge on any atom is -0.328 e.